The van der Waals surface area contributed by atoms with Crippen molar-refractivity contribution < 1.29 is 13.7 Å². The Kier molecular flexibility index (Phi) is 7.99. The first-order chi connectivity index (χ1) is 16.0. The fourth-order valence-electron chi connectivity index (χ4n) is 3.64. The lowest BCUT2D eigenvalue weighted by atomic mass is 10.0. The van der Waals surface area contributed by atoms with Crippen LogP contribution < -0.4 is 0 Å². The molecule has 0 aromatic heterocycles. The minimum absolute atomic E-state index is 0.207. The molecule has 0 saturated carbocycles. The van der Waals surface area contributed by atoms with Crippen LogP contribution in [0.15, 0.2) is 83.8 Å². The van der Waals surface area contributed by atoms with E-state index in [2.05, 4.69) is 0 Å². The number of carbonyl (C=O) groups excluding carboxylic acids is 1. The maximum Gasteiger partial charge on any atom is 0.262 e. The van der Waals surface area contributed by atoms with Crippen molar-refractivity contribution in [1.29, 1.82) is 0 Å². The fraction of sp³-hybridized carbons (Fsp3) is 0.192. The van der Waals surface area contributed by atoms with Crippen molar-refractivity contribution in [3.05, 3.63) is 111 Å². The quantitative estimate of drug-likeness (QED) is 0.389. The van der Waals surface area contributed by atoms with E-state index in [1.807, 2.05) is 78.9 Å². The molecule has 1 aliphatic heterocycles. The molecule has 7 heteroatoms. The van der Waals surface area contributed by atoms with Crippen LogP contribution in [0.5, 0.6) is 0 Å². The first-order valence-corrected chi connectivity index (χ1v) is 12.7. The average Bonchev–Trinajstić information content (AvgIpc) is 2.83. The molecule has 4 nitrogen and oxygen atoms in total. The molecule has 4 rings (SSSR count). The van der Waals surface area contributed by atoms with E-state index in [1.54, 1.807) is 11.0 Å². The lowest BCUT2D eigenvalue weighted by Crippen LogP contribution is -2.43. The Hall–Kier alpha value is -2.44. The molecule has 1 heterocycles. The molecule has 0 spiro atoms. The van der Waals surface area contributed by atoms with Gasteiger partial charge in [-0.05, 0) is 47.0 Å². The molecule has 1 aliphatic rings. The summed E-state index contributed by atoms with van der Waals surface area (Å²) in [6.07, 6.45) is 1.39. The van der Waals surface area contributed by atoms with E-state index in [9.17, 15) is 9.00 Å². The first-order valence-electron chi connectivity index (χ1n) is 10.6. The largest absolute Gasteiger partial charge is 0.367 e. The topological polar surface area (TPSA) is 46.6 Å². The number of nitrogens with zero attached hydrogens (tertiary/aromatic N) is 1. The van der Waals surface area contributed by atoms with E-state index >= 15 is 0 Å². The lowest BCUT2D eigenvalue weighted by Gasteiger charge is -2.29. The summed E-state index contributed by atoms with van der Waals surface area (Å²) in [4.78, 5) is 15.0. The van der Waals surface area contributed by atoms with Crippen molar-refractivity contribution in [2.24, 2.45) is 0 Å². The maximum atomic E-state index is 13.0. The molecule has 0 aliphatic carbocycles. The van der Waals surface area contributed by atoms with Crippen molar-refractivity contribution in [3.63, 3.8) is 0 Å². The molecule has 1 fully saturated rings. The van der Waals surface area contributed by atoms with Crippen molar-refractivity contribution >= 4 is 46.0 Å². The van der Waals surface area contributed by atoms with Crippen LogP contribution in [0.4, 0.5) is 0 Å². The molecule has 1 amide bonds. The van der Waals surface area contributed by atoms with Gasteiger partial charge in [-0.1, -0.05) is 77.8 Å². The Bertz CT molecular complexity index is 1100. The second-order valence-electron chi connectivity index (χ2n) is 7.62. The van der Waals surface area contributed by atoms with Gasteiger partial charge in [0.1, 0.15) is 11.0 Å². The molecular weight excluding hydrogens is 477 g/mol. The zero-order chi connectivity index (χ0) is 23.2. The molecule has 0 N–H and O–H groups in total. The summed E-state index contributed by atoms with van der Waals surface area (Å²) in [5.41, 5.74) is 2.77. The Morgan fingerprint density at radius 3 is 2.06 bits per heavy atom. The minimum Gasteiger partial charge on any atom is -0.367 e. The third-order valence-electron chi connectivity index (χ3n) is 5.38. The zero-order valence-electron chi connectivity index (χ0n) is 17.8. The summed E-state index contributed by atoms with van der Waals surface area (Å²) in [7, 11) is -1.30. The molecule has 0 bridgehead atoms. The smallest absolute Gasteiger partial charge is 0.262 e. The highest BCUT2D eigenvalue weighted by Gasteiger charge is 2.29. The molecule has 1 unspecified atom stereocenters. The third kappa shape index (κ3) is 6.12. The predicted molar refractivity (Wildman–Crippen MR) is 135 cm³/mol. The second-order valence-corrected chi connectivity index (χ2v) is 10.0. The monoisotopic (exact) mass is 499 g/mol. The number of rotatable bonds is 7. The van der Waals surface area contributed by atoms with Gasteiger partial charge in [-0.3, -0.25) is 9.00 Å². The van der Waals surface area contributed by atoms with Gasteiger partial charge < -0.3 is 9.64 Å². The molecule has 1 atom stereocenters. The van der Waals surface area contributed by atoms with E-state index in [1.165, 1.54) is 0 Å². The number of hydrogen-bond acceptors (Lipinski definition) is 3. The summed E-state index contributed by atoms with van der Waals surface area (Å²) in [6.45, 7) is 1.17. The average molecular weight is 500 g/mol. The van der Waals surface area contributed by atoms with Crippen LogP contribution in [0.2, 0.25) is 10.0 Å². The van der Waals surface area contributed by atoms with Crippen molar-refractivity contribution in [1.82, 2.24) is 4.90 Å². The Balaban J connectivity index is 1.46. The first kappa shape index (κ1) is 23.7. The highest BCUT2D eigenvalue weighted by atomic mass is 35.5. The van der Waals surface area contributed by atoms with Crippen molar-refractivity contribution in [3.8, 4) is 0 Å². The van der Waals surface area contributed by atoms with E-state index in [0.29, 0.717) is 40.4 Å². The second kappa shape index (κ2) is 11.1. The number of benzene rings is 3. The van der Waals surface area contributed by atoms with Gasteiger partial charge in [-0.25, -0.2) is 0 Å². The van der Waals surface area contributed by atoms with Crippen LogP contribution >= 0.6 is 23.2 Å². The van der Waals surface area contributed by atoms with Gasteiger partial charge in [0.25, 0.3) is 5.91 Å². The number of carbonyl (C=O) groups is 1. The number of amides is 1. The molecule has 0 radical (unpaired) electrons. The van der Waals surface area contributed by atoms with Gasteiger partial charge in [0.05, 0.1) is 17.4 Å². The van der Waals surface area contributed by atoms with E-state index < -0.39 is 10.8 Å². The highest BCUT2D eigenvalue weighted by molar-refractivity contribution is 7.90. The molecule has 1 saturated heterocycles. The summed E-state index contributed by atoms with van der Waals surface area (Å²) in [5, 5.41) is 1.30. The van der Waals surface area contributed by atoms with E-state index in [-0.39, 0.29) is 12.0 Å². The van der Waals surface area contributed by atoms with Crippen molar-refractivity contribution in [2.75, 3.05) is 25.4 Å². The van der Waals surface area contributed by atoms with Crippen LogP contribution in [-0.2, 0) is 20.3 Å². The van der Waals surface area contributed by atoms with Gasteiger partial charge in [0.15, 0.2) is 0 Å². The lowest BCUT2D eigenvalue weighted by molar-refractivity contribution is -0.127. The number of ether oxygens (including phenoxy) is 1. The molecule has 170 valence electrons. The molecule has 33 heavy (non-hydrogen) atoms. The van der Waals surface area contributed by atoms with Crippen LogP contribution in [0.25, 0.3) is 6.08 Å². The standard InChI is InChI=1S/C26H23Cl2NO3S/c27-22-10-6-20(7-11-22)25(21-8-12-23(28)13-9-21)32-16-14-29-15-17-33(31)24(26(29)30)18-19-4-2-1-3-5-19/h1-13,18,25H,14-17H2. The summed E-state index contributed by atoms with van der Waals surface area (Å²) >= 11 is 12.1. The van der Waals surface area contributed by atoms with E-state index in [4.69, 9.17) is 27.9 Å². The van der Waals surface area contributed by atoms with Gasteiger partial charge in [0, 0.05) is 28.9 Å². The van der Waals surface area contributed by atoms with Crippen LogP contribution in [0.1, 0.15) is 22.8 Å². The Labute approximate surface area is 206 Å². The maximum absolute atomic E-state index is 13.0. The van der Waals surface area contributed by atoms with Crippen molar-refractivity contribution in [2.45, 2.75) is 6.10 Å². The number of halogens is 2. The summed E-state index contributed by atoms with van der Waals surface area (Å²) in [6, 6.07) is 24.5. The molecular formula is C26H23Cl2NO3S. The number of hydrogen-bond donors (Lipinski definition) is 0. The van der Waals surface area contributed by atoms with Gasteiger partial charge in [-0.2, -0.15) is 0 Å². The van der Waals surface area contributed by atoms with Crippen LogP contribution in [0, 0.1) is 0 Å². The summed E-state index contributed by atoms with van der Waals surface area (Å²) < 4.78 is 18.8. The summed E-state index contributed by atoms with van der Waals surface area (Å²) in [5.74, 6) is 0.212. The third-order valence-corrected chi connectivity index (χ3v) is 7.22. The van der Waals surface area contributed by atoms with Gasteiger partial charge in [0.2, 0.25) is 0 Å². The van der Waals surface area contributed by atoms with Crippen LogP contribution in [-0.4, -0.2) is 40.5 Å². The fourth-order valence-corrected chi connectivity index (χ4v) is 5.09. The normalized spacial score (nSPS) is 17.7. The van der Waals surface area contributed by atoms with Gasteiger partial charge >= 0.3 is 0 Å². The Morgan fingerprint density at radius 1 is 0.909 bits per heavy atom. The van der Waals surface area contributed by atoms with Crippen LogP contribution in [0.3, 0.4) is 0 Å². The van der Waals surface area contributed by atoms with E-state index in [0.717, 1.165) is 16.7 Å². The Morgan fingerprint density at radius 2 is 1.48 bits per heavy atom. The zero-order valence-corrected chi connectivity index (χ0v) is 20.2. The van der Waals surface area contributed by atoms with Gasteiger partial charge in [-0.15, -0.1) is 0 Å². The highest BCUT2D eigenvalue weighted by Crippen LogP contribution is 2.28. The molecule has 3 aromatic carbocycles. The predicted octanol–water partition coefficient (Wildman–Crippen LogP) is 5.73. The minimum atomic E-state index is -1.30. The molecule has 3 aromatic rings. The SMILES string of the molecule is O=C1C(=Cc2ccccc2)S(=O)CCN1CCOC(c1ccc(Cl)cc1)c1ccc(Cl)cc1.